The van der Waals surface area contributed by atoms with Crippen molar-refractivity contribution in [3.05, 3.63) is 29.3 Å². The quantitative estimate of drug-likeness (QED) is 0.891. The summed E-state index contributed by atoms with van der Waals surface area (Å²) >= 11 is 0. The molecule has 0 spiro atoms. The Morgan fingerprint density at radius 1 is 1.45 bits per heavy atom. The van der Waals surface area contributed by atoms with Gasteiger partial charge >= 0.3 is 0 Å². The molecule has 0 bridgehead atoms. The van der Waals surface area contributed by atoms with Crippen molar-refractivity contribution in [1.82, 2.24) is 10.2 Å². The van der Waals surface area contributed by atoms with Crippen LogP contribution in [0.2, 0.25) is 0 Å². The van der Waals surface area contributed by atoms with E-state index in [1.165, 1.54) is 17.5 Å². The molecule has 0 aliphatic heterocycles. The number of hydrogen-bond donors (Lipinski definition) is 1. The molecule has 0 saturated heterocycles. The van der Waals surface area contributed by atoms with E-state index in [0.29, 0.717) is 12.5 Å². The molecular weight excluding hydrogens is 252 g/mol. The van der Waals surface area contributed by atoms with Gasteiger partial charge in [0.05, 0.1) is 13.7 Å². The second kappa shape index (κ2) is 6.75. The van der Waals surface area contributed by atoms with Crippen LogP contribution in [0.15, 0.2) is 18.2 Å². The highest BCUT2D eigenvalue weighted by atomic mass is 16.5. The van der Waals surface area contributed by atoms with E-state index in [2.05, 4.69) is 17.4 Å². The Morgan fingerprint density at radius 3 is 2.95 bits per heavy atom. The lowest BCUT2D eigenvalue weighted by molar-refractivity contribution is -0.121. The number of rotatable bonds is 5. The summed E-state index contributed by atoms with van der Waals surface area (Å²) < 4.78 is 5.28. The molecule has 0 fully saturated rings. The molecule has 20 heavy (non-hydrogen) atoms. The summed E-state index contributed by atoms with van der Waals surface area (Å²) in [6.45, 7) is 1.17. The van der Waals surface area contributed by atoms with Crippen LogP contribution in [0.4, 0.5) is 0 Å². The number of ether oxygens (including phenoxy) is 1. The summed E-state index contributed by atoms with van der Waals surface area (Å²) in [6, 6.07) is 6.29. The lowest BCUT2D eigenvalue weighted by atomic mass is 9.82. The summed E-state index contributed by atoms with van der Waals surface area (Å²) in [6.07, 6.45) is 3.42. The van der Waals surface area contributed by atoms with Crippen LogP contribution in [-0.2, 0) is 11.2 Å². The van der Waals surface area contributed by atoms with Gasteiger partial charge in [-0.15, -0.1) is 0 Å². The molecule has 1 unspecified atom stereocenters. The SMILES string of the molecule is COc1ccc2c(c1)CCCC2CNC(=O)CN(C)C. The zero-order valence-corrected chi connectivity index (χ0v) is 12.6. The lowest BCUT2D eigenvalue weighted by Gasteiger charge is -2.26. The maximum atomic E-state index is 11.7. The standard InChI is InChI=1S/C16H24N2O2/c1-18(2)11-16(19)17-10-13-6-4-5-12-9-14(20-3)7-8-15(12)13/h7-9,13H,4-6,10-11H2,1-3H3,(H,17,19). The monoisotopic (exact) mass is 276 g/mol. The molecular formula is C16H24N2O2. The number of nitrogens with zero attached hydrogens (tertiary/aromatic N) is 1. The van der Waals surface area contributed by atoms with Crippen molar-refractivity contribution in [2.24, 2.45) is 0 Å². The van der Waals surface area contributed by atoms with Gasteiger partial charge in [-0.25, -0.2) is 0 Å². The molecule has 1 aliphatic carbocycles. The molecule has 4 nitrogen and oxygen atoms in total. The minimum atomic E-state index is 0.0932. The van der Waals surface area contributed by atoms with Crippen molar-refractivity contribution in [3.8, 4) is 5.75 Å². The van der Waals surface area contributed by atoms with Crippen LogP contribution in [-0.4, -0.2) is 45.1 Å². The lowest BCUT2D eigenvalue weighted by Crippen LogP contribution is -2.36. The maximum Gasteiger partial charge on any atom is 0.234 e. The van der Waals surface area contributed by atoms with Crippen molar-refractivity contribution in [1.29, 1.82) is 0 Å². The largest absolute Gasteiger partial charge is 0.497 e. The molecule has 0 saturated carbocycles. The molecule has 1 N–H and O–H groups in total. The Morgan fingerprint density at radius 2 is 2.25 bits per heavy atom. The third-order valence-corrected chi connectivity index (χ3v) is 3.79. The van der Waals surface area contributed by atoms with Crippen LogP contribution < -0.4 is 10.1 Å². The average Bonchev–Trinajstić information content (AvgIpc) is 2.43. The van der Waals surface area contributed by atoms with Crippen LogP contribution in [0.25, 0.3) is 0 Å². The first kappa shape index (κ1) is 14.9. The molecule has 0 heterocycles. The van der Waals surface area contributed by atoms with Gasteiger partial charge in [0.15, 0.2) is 0 Å². The Bertz CT molecular complexity index is 472. The van der Waals surface area contributed by atoms with Gasteiger partial charge in [0.1, 0.15) is 5.75 Å². The number of nitrogens with one attached hydrogen (secondary N) is 1. The summed E-state index contributed by atoms with van der Waals surface area (Å²) in [5, 5.41) is 3.04. The van der Waals surface area contributed by atoms with Crippen LogP contribution in [0.1, 0.15) is 29.9 Å². The Hall–Kier alpha value is -1.55. The number of hydrogen-bond acceptors (Lipinski definition) is 3. The fourth-order valence-electron chi connectivity index (χ4n) is 2.81. The van der Waals surface area contributed by atoms with Gasteiger partial charge < -0.3 is 15.0 Å². The van der Waals surface area contributed by atoms with Gasteiger partial charge in [0.25, 0.3) is 0 Å². The number of aryl methyl sites for hydroxylation is 1. The highest BCUT2D eigenvalue weighted by Crippen LogP contribution is 2.33. The predicted molar refractivity (Wildman–Crippen MR) is 80.2 cm³/mol. The minimum absolute atomic E-state index is 0.0932. The molecule has 1 amide bonds. The smallest absolute Gasteiger partial charge is 0.234 e. The molecule has 1 aliphatic rings. The van der Waals surface area contributed by atoms with E-state index in [0.717, 1.165) is 25.1 Å². The van der Waals surface area contributed by atoms with Gasteiger partial charge in [0.2, 0.25) is 5.91 Å². The fourth-order valence-corrected chi connectivity index (χ4v) is 2.81. The van der Waals surface area contributed by atoms with E-state index in [-0.39, 0.29) is 5.91 Å². The van der Waals surface area contributed by atoms with E-state index in [1.807, 2.05) is 25.1 Å². The number of amides is 1. The molecule has 1 aromatic carbocycles. The van der Waals surface area contributed by atoms with Crippen molar-refractivity contribution in [2.75, 3.05) is 34.3 Å². The van der Waals surface area contributed by atoms with Crippen molar-refractivity contribution in [3.63, 3.8) is 0 Å². The van der Waals surface area contributed by atoms with E-state index >= 15 is 0 Å². The topological polar surface area (TPSA) is 41.6 Å². The second-order valence-corrected chi connectivity index (χ2v) is 5.70. The maximum absolute atomic E-state index is 11.7. The van der Waals surface area contributed by atoms with Crippen LogP contribution in [0.3, 0.4) is 0 Å². The number of likely N-dealkylation sites (N-methyl/N-ethyl adjacent to an activating group) is 1. The molecule has 2 rings (SSSR count). The number of carbonyl (C=O) groups is 1. The van der Waals surface area contributed by atoms with Gasteiger partial charge in [-0.2, -0.15) is 0 Å². The highest BCUT2D eigenvalue weighted by Gasteiger charge is 2.21. The van der Waals surface area contributed by atoms with Crippen molar-refractivity contribution >= 4 is 5.91 Å². The van der Waals surface area contributed by atoms with Crippen molar-refractivity contribution < 1.29 is 9.53 Å². The fraction of sp³-hybridized carbons (Fsp3) is 0.562. The Kier molecular flexibility index (Phi) is 5.01. The first-order valence-electron chi connectivity index (χ1n) is 7.18. The normalized spacial score (nSPS) is 17.7. The summed E-state index contributed by atoms with van der Waals surface area (Å²) in [5.41, 5.74) is 2.73. The van der Waals surface area contributed by atoms with Gasteiger partial charge in [0, 0.05) is 12.5 Å². The molecule has 0 aromatic heterocycles. The van der Waals surface area contributed by atoms with Crippen LogP contribution in [0.5, 0.6) is 5.75 Å². The molecule has 4 heteroatoms. The number of methoxy groups -OCH3 is 1. The zero-order valence-electron chi connectivity index (χ0n) is 12.6. The summed E-state index contributed by atoms with van der Waals surface area (Å²) in [7, 11) is 5.51. The molecule has 110 valence electrons. The number of benzene rings is 1. The molecule has 0 radical (unpaired) electrons. The van der Waals surface area contributed by atoms with Crippen LogP contribution >= 0.6 is 0 Å². The average molecular weight is 276 g/mol. The zero-order chi connectivity index (χ0) is 14.5. The Labute approximate surface area is 121 Å². The van der Waals surface area contributed by atoms with Crippen LogP contribution in [0, 0.1) is 0 Å². The molecule has 1 aromatic rings. The predicted octanol–water partition coefficient (Wildman–Crippen LogP) is 1.79. The summed E-state index contributed by atoms with van der Waals surface area (Å²) in [4.78, 5) is 13.6. The van der Waals surface area contributed by atoms with Crippen molar-refractivity contribution in [2.45, 2.75) is 25.2 Å². The Balaban J connectivity index is 2.00. The van der Waals surface area contributed by atoms with E-state index in [4.69, 9.17) is 4.74 Å². The first-order chi connectivity index (χ1) is 9.60. The third-order valence-electron chi connectivity index (χ3n) is 3.79. The summed E-state index contributed by atoms with van der Waals surface area (Å²) in [5.74, 6) is 1.44. The number of carbonyl (C=O) groups excluding carboxylic acids is 1. The van der Waals surface area contributed by atoms with E-state index in [9.17, 15) is 4.79 Å². The van der Waals surface area contributed by atoms with E-state index < -0.39 is 0 Å². The second-order valence-electron chi connectivity index (χ2n) is 5.70. The minimum Gasteiger partial charge on any atom is -0.497 e. The first-order valence-corrected chi connectivity index (χ1v) is 7.18. The van der Waals surface area contributed by atoms with Gasteiger partial charge in [-0.3, -0.25) is 4.79 Å². The number of fused-ring (bicyclic) bond motifs is 1. The third kappa shape index (κ3) is 3.73. The highest BCUT2D eigenvalue weighted by molar-refractivity contribution is 5.78. The van der Waals surface area contributed by atoms with Gasteiger partial charge in [-0.05, 0) is 56.6 Å². The molecule has 1 atom stereocenters. The van der Waals surface area contributed by atoms with E-state index in [1.54, 1.807) is 7.11 Å². The van der Waals surface area contributed by atoms with Gasteiger partial charge in [-0.1, -0.05) is 6.07 Å².